The molecule has 1 aromatic rings. The molecule has 80 valence electrons. The number of anilines is 1. The van der Waals surface area contributed by atoms with Crippen LogP contribution in [0.25, 0.3) is 0 Å². The van der Waals surface area contributed by atoms with Crippen molar-refractivity contribution < 1.29 is 8.78 Å². The number of rotatable bonds is 4. The van der Waals surface area contributed by atoms with Gasteiger partial charge in [-0.3, -0.25) is 0 Å². The van der Waals surface area contributed by atoms with Crippen LogP contribution < -0.4 is 5.32 Å². The Morgan fingerprint density at radius 1 is 1.40 bits per heavy atom. The van der Waals surface area contributed by atoms with Crippen molar-refractivity contribution in [2.45, 2.75) is 19.3 Å². The molecular weight excluding hydrogens is 198 g/mol. The second-order valence-corrected chi connectivity index (χ2v) is 3.42. The number of hydrogen-bond acceptors (Lipinski definition) is 2. The number of nitrogens with zero attached hydrogens (tertiary/aromatic N) is 1. The molecular formula is C11H12F2N2. The van der Waals surface area contributed by atoms with Gasteiger partial charge in [-0.15, -0.1) is 0 Å². The highest BCUT2D eigenvalue weighted by atomic mass is 19.3. The first kappa shape index (κ1) is 11.4. The van der Waals surface area contributed by atoms with E-state index in [1.165, 1.54) is 0 Å². The van der Waals surface area contributed by atoms with Gasteiger partial charge >= 0.3 is 0 Å². The Morgan fingerprint density at radius 2 is 2.07 bits per heavy atom. The fourth-order valence-electron chi connectivity index (χ4n) is 1.18. The van der Waals surface area contributed by atoms with E-state index in [1.807, 2.05) is 6.07 Å². The van der Waals surface area contributed by atoms with Crippen molar-refractivity contribution in [1.29, 1.82) is 5.26 Å². The Bertz CT molecular complexity index is 364. The van der Waals surface area contributed by atoms with Crippen molar-refractivity contribution in [2.24, 2.45) is 0 Å². The smallest absolute Gasteiger partial charge is 0.262 e. The van der Waals surface area contributed by atoms with Crippen molar-refractivity contribution >= 4 is 5.69 Å². The number of benzene rings is 1. The molecule has 0 unspecified atom stereocenters. The zero-order valence-corrected chi connectivity index (χ0v) is 8.43. The topological polar surface area (TPSA) is 35.8 Å². The van der Waals surface area contributed by atoms with E-state index in [9.17, 15) is 8.78 Å². The molecule has 0 aliphatic heterocycles. The molecule has 0 aliphatic rings. The predicted octanol–water partition coefficient (Wildman–Crippen LogP) is 2.82. The molecule has 0 aliphatic carbocycles. The van der Waals surface area contributed by atoms with Gasteiger partial charge in [-0.25, -0.2) is 8.78 Å². The predicted molar refractivity (Wildman–Crippen MR) is 54.9 cm³/mol. The number of para-hydroxylation sites is 1. The summed E-state index contributed by atoms with van der Waals surface area (Å²) in [7, 11) is 0. The first-order valence-corrected chi connectivity index (χ1v) is 4.59. The van der Waals surface area contributed by atoms with Crippen molar-refractivity contribution in [1.82, 2.24) is 0 Å². The van der Waals surface area contributed by atoms with Crippen LogP contribution in [0.15, 0.2) is 24.3 Å². The van der Waals surface area contributed by atoms with E-state index in [0.717, 1.165) is 12.5 Å². The van der Waals surface area contributed by atoms with Gasteiger partial charge in [0.25, 0.3) is 5.92 Å². The zero-order valence-electron chi connectivity index (χ0n) is 8.43. The molecule has 0 bridgehead atoms. The Kier molecular flexibility index (Phi) is 3.62. The lowest BCUT2D eigenvalue weighted by Gasteiger charge is -2.14. The third-order valence-electron chi connectivity index (χ3n) is 1.88. The van der Waals surface area contributed by atoms with Crippen molar-refractivity contribution in [3.63, 3.8) is 0 Å². The molecule has 0 amide bonds. The van der Waals surface area contributed by atoms with Crippen molar-refractivity contribution in [3.8, 4) is 6.07 Å². The minimum Gasteiger partial charge on any atom is -0.379 e. The number of nitriles is 1. The second kappa shape index (κ2) is 4.74. The largest absolute Gasteiger partial charge is 0.379 e. The minimum absolute atomic E-state index is 0.221. The van der Waals surface area contributed by atoms with Gasteiger partial charge in [0.1, 0.15) is 0 Å². The maximum absolute atomic E-state index is 12.6. The first-order valence-electron chi connectivity index (χ1n) is 4.59. The van der Waals surface area contributed by atoms with E-state index >= 15 is 0 Å². The van der Waals surface area contributed by atoms with Crippen LogP contribution in [-0.4, -0.2) is 12.5 Å². The lowest BCUT2D eigenvalue weighted by Crippen LogP contribution is -2.23. The Balaban J connectivity index is 2.72. The van der Waals surface area contributed by atoms with Crippen LogP contribution >= 0.6 is 0 Å². The highest BCUT2D eigenvalue weighted by molar-refractivity contribution is 5.52. The van der Waals surface area contributed by atoms with Crippen LogP contribution in [0.3, 0.4) is 0 Å². The quantitative estimate of drug-likeness (QED) is 0.829. The SMILES string of the molecule is CC(F)(F)CNc1ccccc1CC#N. The third-order valence-corrected chi connectivity index (χ3v) is 1.88. The van der Waals surface area contributed by atoms with Crippen LogP contribution in [0.2, 0.25) is 0 Å². The maximum Gasteiger partial charge on any atom is 0.262 e. The van der Waals surface area contributed by atoms with Crippen molar-refractivity contribution in [2.75, 3.05) is 11.9 Å². The van der Waals surface area contributed by atoms with Crippen LogP contribution in [0.1, 0.15) is 12.5 Å². The molecule has 15 heavy (non-hydrogen) atoms. The molecule has 4 heteroatoms. The molecule has 2 nitrogen and oxygen atoms in total. The Labute approximate surface area is 87.5 Å². The van der Waals surface area contributed by atoms with Gasteiger partial charge in [0.15, 0.2) is 0 Å². The summed E-state index contributed by atoms with van der Waals surface area (Å²) in [6.07, 6.45) is 0.221. The van der Waals surface area contributed by atoms with Crippen LogP contribution in [0, 0.1) is 11.3 Å². The lowest BCUT2D eigenvalue weighted by molar-refractivity contribution is 0.0367. The number of alkyl halides is 2. The van der Waals surface area contributed by atoms with Gasteiger partial charge in [0.05, 0.1) is 19.0 Å². The van der Waals surface area contributed by atoms with Crippen LogP contribution in [0.5, 0.6) is 0 Å². The van der Waals surface area contributed by atoms with E-state index in [4.69, 9.17) is 5.26 Å². The molecule has 0 radical (unpaired) electrons. The molecule has 0 atom stereocenters. The molecule has 0 heterocycles. The summed E-state index contributed by atoms with van der Waals surface area (Å²) < 4.78 is 25.2. The van der Waals surface area contributed by atoms with E-state index in [-0.39, 0.29) is 6.42 Å². The highest BCUT2D eigenvalue weighted by Crippen LogP contribution is 2.18. The van der Waals surface area contributed by atoms with E-state index in [2.05, 4.69) is 5.32 Å². The van der Waals surface area contributed by atoms with Gasteiger partial charge in [-0.1, -0.05) is 18.2 Å². The number of nitrogens with one attached hydrogen (secondary N) is 1. The molecule has 0 saturated carbocycles. The van der Waals surface area contributed by atoms with Gasteiger partial charge in [-0.2, -0.15) is 5.26 Å². The van der Waals surface area contributed by atoms with Gasteiger partial charge in [0.2, 0.25) is 0 Å². The standard InChI is InChI=1S/C11H12F2N2/c1-11(12,13)8-15-10-5-3-2-4-9(10)6-7-14/h2-5,15H,6,8H2,1H3. The van der Waals surface area contributed by atoms with Gasteiger partial charge in [0, 0.05) is 12.6 Å². The average molecular weight is 210 g/mol. The zero-order chi connectivity index (χ0) is 11.3. The summed E-state index contributed by atoms with van der Waals surface area (Å²) >= 11 is 0. The fourth-order valence-corrected chi connectivity index (χ4v) is 1.18. The summed E-state index contributed by atoms with van der Waals surface area (Å²) in [6, 6.07) is 8.96. The monoisotopic (exact) mass is 210 g/mol. The van der Waals surface area contributed by atoms with E-state index in [1.54, 1.807) is 24.3 Å². The molecule has 0 fully saturated rings. The average Bonchev–Trinajstić information content (AvgIpc) is 2.16. The molecule has 1 N–H and O–H groups in total. The Hall–Kier alpha value is -1.63. The minimum atomic E-state index is -2.75. The molecule has 0 saturated heterocycles. The molecule has 1 rings (SSSR count). The Morgan fingerprint density at radius 3 is 2.67 bits per heavy atom. The third kappa shape index (κ3) is 3.94. The molecule has 1 aromatic carbocycles. The fraction of sp³-hybridized carbons (Fsp3) is 0.364. The summed E-state index contributed by atoms with van der Waals surface area (Å²) in [6.45, 7) is 0.433. The number of halogens is 2. The lowest BCUT2D eigenvalue weighted by atomic mass is 10.1. The number of hydrogen-bond donors (Lipinski definition) is 1. The highest BCUT2D eigenvalue weighted by Gasteiger charge is 2.20. The van der Waals surface area contributed by atoms with E-state index in [0.29, 0.717) is 5.69 Å². The summed E-state index contributed by atoms with van der Waals surface area (Å²) in [5, 5.41) is 11.2. The van der Waals surface area contributed by atoms with E-state index < -0.39 is 12.5 Å². The maximum atomic E-state index is 12.6. The van der Waals surface area contributed by atoms with Gasteiger partial charge in [-0.05, 0) is 11.6 Å². The second-order valence-electron chi connectivity index (χ2n) is 3.42. The molecule has 0 spiro atoms. The van der Waals surface area contributed by atoms with Crippen molar-refractivity contribution in [3.05, 3.63) is 29.8 Å². The summed E-state index contributed by atoms with van der Waals surface area (Å²) in [5.74, 6) is -2.75. The first-order chi connectivity index (χ1) is 7.03. The normalized spacial score (nSPS) is 10.8. The summed E-state index contributed by atoms with van der Waals surface area (Å²) in [5.41, 5.74) is 1.34. The van der Waals surface area contributed by atoms with Crippen LogP contribution in [0.4, 0.5) is 14.5 Å². The van der Waals surface area contributed by atoms with Gasteiger partial charge < -0.3 is 5.32 Å². The molecule has 0 aromatic heterocycles. The van der Waals surface area contributed by atoms with Crippen LogP contribution in [-0.2, 0) is 6.42 Å². The summed E-state index contributed by atoms with van der Waals surface area (Å²) in [4.78, 5) is 0.